The number of aliphatic hydroxyl groups excluding tert-OH is 1. The molecule has 0 aliphatic heterocycles. The molecule has 190 valence electrons. The summed E-state index contributed by atoms with van der Waals surface area (Å²) in [6.07, 6.45) is -0.144. The summed E-state index contributed by atoms with van der Waals surface area (Å²) in [6.45, 7) is 5.08. The summed E-state index contributed by atoms with van der Waals surface area (Å²) >= 11 is 0. The summed E-state index contributed by atoms with van der Waals surface area (Å²) in [5.74, 6) is -4.97. The molecule has 0 radical (unpaired) electrons. The van der Waals surface area contributed by atoms with Gasteiger partial charge in [-0.05, 0) is 38.6 Å². The summed E-state index contributed by atoms with van der Waals surface area (Å²) in [6, 6.07) is -5.12. The Kier molecular flexibility index (Phi) is 13.9. The highest BCUT2D eigenvalue weighted by molar-refractivity contribution is 5.96. The number of nitrogens with two attached hydrogens (primary N) is 3. The number of rotatable bonds is 16. The predicted octanol–water partition coefficient (Wildman–Crippen LogP) is -2.72. The lowest BCUT2D eigenvalue weighted by Crippen LogP contribution is -2.59. The lowest BCUT2D eigenvalue weighted by atomic mass is 9.98. The predicted molar refractivity (Wildman–Crippen MR) is 119 cm³/mol. The molecule has 0 aromatic rings. The van der Waals surface area contributed by atoms with Gasteiger partial charge >= 0.3 is 5.97 Å². The van der Waals surface area contributed by atoms with Crippen LogP contribution in [0.1, 0.15) is 52.9 Å². The van der Waals surface area contributed by atoms with E-state index < -0.39 is 66.3 Å². The molecular formula is C20H38N6O7. The van der Waals surface area contributed by atoms with Crippen molar-refractivity contribution in [3.05, 3.63) is 0 Å². The van der Waals surface area contributed by atoms with Crippen molar-refractivity contribution in [1.29, 1.82) is 0 Å². The fraction of sp³-hybridized carbons (Fsp3) is 0.750. The van der Waals surface area contributed by atoms with Gasteiger partial charge in [0.25, 0.3) is 0 Å². The zero-order chi connectivity index (χ0) is 25.7. The molecule has 0 aliphatic rings. The minimum Gasteiger partial charge on any atom is -0.480 e. The minimum atomic E-state index is -1.45. The monoisotopic (exact) mass is 474 g/mol. The van der Waals surface area contributed by atoms with E-state index in [0.29, 0.717) is 25.8 Å². The number of aliphatic hydroxyl groups is 1. The highest BCUT2D eigenvalue weighted by Crippen LogP contribution is 2.10. The molecule has 0 fully saturated rings. The number of carbonyl (C=O) groups is 5. The molecule has 0 aromatic carbocycles. The second-order valence-corrected chi connectivity index (χ2v) is 8.05. The second-order valence-electron chi connectivity index (χ2n) is 8.05. The van der Waals surface area contributed by atoms with Gasteiger partial charge in [0.1, 0.15) is 24.2 Å². The average molecular weight is 475 g/mol. The van der Waals surface area contributed by atoms with Crippen molar-refractivity contribution < 1.29 is 34.2 Å². The Morgan fingerprint density at radius 1 is 0.909 bits per heavy atom. The third-order valence-electron chi connectivity index (χ3n) is 5.22. The molecule has 0 rings (SSSR count). The second kappa shape index (κ2) is 15.1. The van der Waals surface area contributed by atoms with Gasteiger partial charge in [0, 0.05) is 0 Å². The first-order chi connectivity index (χ1) is 15.3. The van der Waals surface area contributed by atoms with Gasteiger partial charge in [-0.3, -0.25) is 19.2 Å². The van der Waals surface area contributed by atoms with Crippen LogP contribution < -0.4 is 33.2 Å². The van der Waals surface area contributed by atoms with Crippen molar-refractivity contribution in [2.45, 2.75) is 83.1 Å². The fourth-order valence-electron chi connectivity index (χ4n) is 2.87. The standard InChI is InChI=1S/C20H38N6O7/c1-4-10(2)16(20(32)33)26-17(29)12(7-5-6-8-21)24-18(30)13(9-14(22)28)25-19(31)15(23)11(3)27/h10-13,15-16,27H,4-9,21,23H2,1-3H3,(H2,22,28)(H,24,30)(H,25,31)(H,26,29)(H,32,33). The molecule has 13 heteroatoms. The Hall–Kier alpha value is -2.77. The van der Waals surface area contributed by atoms with E-state index in [2.05, 4.69) is 16.0 Å². The van der Waals surface area contributed by atoms with Gasteiger partial charge in [0.15, 0.2) is 0 Å². The van der Waals surface area contributed by atoms with Crippen molar-refractivity contribution in [1.82, 2.24) is 16.0 Å². The third kappa shape index (κ3) is 11.1. The quantitative estimate of drug-likeness (QED) is 0.108. The number of nitrogens with one attached hydrogen (secondary N) is 3. The zero-order valence-electron chi connectivity index (χ0n) is 19.4. The molecule has 0 saturated carbocycles. The van der Waals surface area contributed by atoms with Crippen LogP contribution in [0.3, 0.4) is 0 Å². The molecule has 6 unspecified atom stereocenters. The normalized spacial score (nSPS) is 16.4. The zero-order valence-corrected chi connectivity index (χ0v) is 19.4. The number of carboxylic acids is 1. The van der Waals surface area contributed by atoms with E-state index >= 15 is 0 Å². The lowest BCUT2D eigenvalue weighted by molar-refractivity contribution is -0.144. The van der Waals surface area contributed by atoms with Gasteiger partial charge in [0.05, 0.1) is 12.5 Å². The van der Waals surface area contributed by atoms with Gasteiger partial charge in [-0.25, -0.2) is 4.79 Å². The van der Waals surface area contributed by atoms with Crippen LogP contribution in [0.2, 0.25) is 0 Å². The van der Waals surface area contributed by atoms with E-state index in [9.17, 15) is 34.2 Å². The molecule has 4 amide bonds. The number of carboxylic acid groups (broad SMARTS) is 1. The number of carbonyl (C=O) groups excluding carboxylic acids is 4. The van der Waals surface area contributed by atoms with E-state index in [0.717, 1.165) is 0 Å². The summed E-state index contributed by atoms with van der Waals surface area (Å²) in [5, 5.41) is 26.0. The minimum absolute atomic E-state index is 0.145. The van der Waals surface area contributed by atoms with Crippen molar-refractivity contribution in [2.24, 2.45) is 23.1 Å². The Morgan fingerprint density at radius 3 is 1.91 bits per heavy atom. The molecule has 0 saturated heterocycles. The molecule has 11 N–H and O–H groups in total. The molecule has 13 nitrogen and oxygen atoms in total. The van der Waals surface area contributed by atoms with Crippen molar-refractivity contribution in [2.75, 3.05) is 6.54 Å². The summed E-state index contributed by atoms with van der Waals surface area (Å²) < 4.78 is 0. The lowest BCUT2D eigenvalue weighted by Gasteiger charge is -2.26. The molecule has 0 aromatic heterocycles. The number of hydrogen-bond donors (Lipinski definition) is 8. The Labute approximate surface area is 193 Å². The molecular weight excluding hydrogens is 436 g/mol. The number of aliphatic carboxylic acids is 1. The number of hydrogen-bond acceptors (Lipinski definition) is 8. The summed E-state index contributed by atoms with van der Waals surface area (Å²) in [7, 11) is 0. The molecule has 0 aliphatic carbocycles. The first-order valence-corrected chi connectivity index (χ1v) is 10.9. The van der Waals surface area contributed by atoms with E-state index in [1.54, 1.807) is 13.8 Å². The van der Waals surface area contributed by atoms with Crippen LogP contribution in [0.4, 0.5) is 0 Å². The van der Waals surface area contributed by atoms with Gasteiger partial charge < -0.3 is 43.4 Å². The van der Waals surface area contributed by atoms with E-state index in [1.807, 2.05) is 0 Å². The maximum atomic E-state index is 12.8. The van der Waals surface area contributed by atoms with E-state index in [1.165, 1.54) is 6.92 Å². The molecule has 6 atom stereocenters. The molecule has 33 heavy (non-hydrogen) atoms. The summed E-state index contributed by atoms with van der Waals surface area (Å²) in [5.41, 5.74) is 16.2. The van der Waals surface area contributed by atoms with Gasteiger partial charge in [-0.1, -0.05) is 20.3 Å². The first-order valence-electron chi connectivity index (χ1n) is 10.9. The SMILES string of the molecule is CCC(C)C(NC(=O)C(CCCCN)NC(=O)C(CC(N)=O)NC(=O)C(N)C(C)O)C(=O)O. The number of amides is 4. The summed E-state index contributed by atoms with van der Waals surface area (Å²) in [4.78, 5) is 60.8. The van der Waals surface area contributed by atoms with Crippen LogP contribution in [0.5, 0.6) is 0 Å². The van der Waals surface area contributed by atoms with Crippen LogP contribution in [-0.2, 0) is 24.0 Å². The van der Waals surface area contributed by atoms with Crippen molar-refractivity contribution in [3.8, 4) is 0 Å². The topological polar surface area (TPSA) is 240 Å². The Morgan fingerprint density at radius 2 is 1.45 bits per heavy atom. The number of primary amides is 1. The van der Waals surface area contributed by atoms with Crippen LogP contribution >= 0.6 is 0 Å². The smallest absolute Gasteiger partial charge is 0.326 e. The van der Waals surface area contributed by atoms with Crippen molar-refractivity contribution in [3.63, 3.8) is 0 Å². The highest BCUT2D eigenvalue weighted by atomic mass is 16.4. The Bertz CT molecular complexity index is 688. The molecule has 0 heterocycles. The van der Waals surface area contributed by atoms with Crippen LogP contribution in [0, 0.1) is 5.92 Å². The molecule has 0 spiro atoms. The highest BCUT2D eigenvalue weighted by Gasteiger charge is 2.32. The van der Waals surface area contributed by atoms with E-state index in [4.69, 9.17) is 17.2 Å². The van der Waals surface area contributed by atoms with E-state index in [-0.39, 0.29) is 12.3 Å². The van der Waals surface area contributed by atoms with Crippen LogP contribution in [0.25, 0.3) is 0 Å². The maximum absolute atomic E-state index is 12.8. The van der Waals surface area contributed by atoms with Crippen LogP contribution in [-0.4, -0.2) is 76.6 Å². The fourth-order valence-corrected chi connectivity index (χ4v) is 2.87. The third-order valence-corrected chi connectivity index (χ3v) is 5.22. The first kappa shape index (κ1) is 30.2. The van der Waals surface area contributed by atoms with Gasteiger partial charge in [-0.2, -0.15) is 0 Å². The average Bonchev–Trinajstić information content (AvgIpc) is 2.74. The molecule has 0 bridgehead atoms. The Balaban J connectivity index is 5.59. The van der Waals surface area contributed by atoms with Crippen LogP contribution in [0.15, 0.2) is 0 Å². The van der Waals surface area contributed by atoms with Crippen molar-refractivity contribution >= 4 is 29.6 Å². The van der Waals surface area contributed by atoms with Gasteiger partial charge in [-0.15, -0.1) is 0 Å². The van der Waals surface area contributed by atoms with Gasteiger partial charge in [0.2, 0.25) is 23.6 Å². The number of unbranched alkanes of at least 4 members (excludes halogenated alkanes) is 1. The maximum Gasteiger partial charge on any atom is 0.326 e. The largest absolute Gasteiger partial charge is 0.480 e.